The zero-order chi connectivity index (χ0) is 90.5. The van der Waals surface area contributed by atoms with Crippen LogP contribution >= 0.6 is 23.2 Å². The largest absolute Gasteiger partial charge is 0.350 e. The molecule has 0 bridgehead atoms. The second-order valence-corrected chi connectivity index (χ2v) is 30.9. The number of halogens is 2. The molecular formula is C93H99Cl2N13O16. The number of hydroxylamine groups is 5. The number of amides is 11. The number of hydrogen-bond acceptors (Lipinski definition) is 16. The van der Waals surface area contributed by atoms with E-state index in [1.807, 2.05) is 128 Å². The first-order valence-corrected chi connectivity index (χ1v) is 39.9. The Morgan fingerprint density at radius 2 is 0.758 bits per heavy atom. The molecule has 0 saturated carbocycles. The molecule has 4 unspecified atom stereocenters. The van der Waals surface area contributed by atoms with Gasteiger partial charge < -0.3 is 41.0 Å². The zero-order valence-corrected chi connectivity index (χ0v) is 71.1. The molecule has 0 saturated heterocycles. The molecule has 1 aliphatic rings. The minimum atomic E-state index is -0.602. The van der Waals surface area contributed by atoms with Gasteiger partial charge in [-0.2, -0.15) is 0 Å². The van der Waals surface area contributed by atoms with Crippen molar-refractivity contribution in [2.45, 2.75) is 105 Å². The molecule has 646 valence electrons. The summed E-state index contributed by atoms with van der Waals surface area (Å²) in [6, 6.07) is 69.3. The van der Waals surface area contributed by atoms with Crippen LogP contribution in [0, 0.1) is 11.3 Å². The maximum atomic E-state index is 12.9. The SMILES string of the molecule is CC(=O)c1cccc(NC(=O)NC(C)c2ccc(C(=O)NO)cc2)c1.CC(C)(C)C(NC(=O)c1ccc(-c2ccccc2)cc1)c1ccc(C(=O)NO)cc1.CC(NC(=O)CC1Cc2ccccc2C1)c1ccc(C(=O)NO)cc1.CC(NC(=O)c1cccn1C)c1ccc(C(=O)NO)cc1.C[C@@H](NC(=O)c1cc(Cl)c(Cl)n1C)c1ccc(C(=O)NO)cc1. The molecule has 124 heavy (non-hydrogen) atoms. The number of aryl methyl sites for hydroxylation is 1. The first-order chi connectivity index (χ1) is 59.1. The van der Waals surface area contributed by atoms with Crippen molar-refractivity contribution in [1.82, 2.24) is 63.1 Å². The molecule has 0 spiro atoms. The summed E-state index contributed by atoms with van der Waals surface area (Å²) in [4.78, 5) is 130. The molecule has 0 fully saturated rings. The lowest BCUT2D eigenvalue weighted by Gasteiger charge is -2.32. The molecule has 31 heteroatoms. The summed E-state index contributed by atoms with van der Waals surface area (Å²) in [5, 5.41) is 61.1. The van der Waals surface area contributed by atoms with Crippen LogP contribution < -0.4 is 59.3 Å². The summed E-state index contributed by atoms with van der Waals surface area (Å²) >= 11 is 11.9. The van der Waals surface area contributed by atoms with E-state index in [4.69, 9.17) is 49.2 Å². The van der Waals surface area contributed by atoms with Gasteiger partial charge in [0, 0.05) is 71.3 Å². The summed E-state index contributed by atoms with van der Waals surface area (Å²) in [5.74, 6) is -3.20. The Bertz CT molecular complexity index is 5510. The molecule has 11 amide bonds. The molecule has 9 aromatic carbocycles. The molecule has 29 nitrogen and oxygen atoms in total. The van der Waals surface area contributed by atoms with Gasteiger partial charge in [0.25, 0.3) is 47.3 Å². The highest BCUT2D eigenvalue weighted by Gasteiger charge is 2.30. The van der Waals surface area contributed by atoms with E-state index in [1.165, 1.54) is 28.7 Å². The topological polar surface area (TPSA) is 431 Å². The normalized spacial score (nSPS) is 12.4. The number of ketones is 1. The van der Waals surface area contributed by atoms with Crippen molar-refractivity contribution >= 4 is 93.9 Å². The Labute approximate surface area is 726 Å². The molecule has 5 atom stereocenters. The van der Waals surface area contributed by atoms with Gasteiger partial charge >= 0.3 is 6.03 Å². The van der Waals surface area contributed by atoms with Crippen LogP contribution in [0.25, 0.3) is 11.1 Å². The number of nitrogens with one attached hydrogen (secondary N) is 11. The van der Waals surface area contributed by atoms with Gasteiger partial charge in [0.1, 0.15) is 16.5 Å². The van der Waals surface area contributed by atoms with Gasteiger partial charge in [-0.15, -0.1) is 0 Å². The fourth-order valence-electron chi connectivity index (χ4n) is 13.2. The van der Waals surface area contributed by atoms with E-state index >= 15 is 0 Å². The molecule has 0 radical (unpaired) electrons. The van der Waals surface area contributed by atoms with Crippen LogP contribution in [-0.2, 0) is 31.7 Å². The van der Waals surface area contributed by atoms with Gasteiger partial charge in [-0.1, -0.05) is 183 Å². The summed E-state index contributed by atoms with van der Waals surface area (Å²) in [6.07, 6.45) is 4.25. The number of carbonyl (C=O) groups is 11. The third-order valence-corrected chi connectivity index (χ3v) is 21.0. The van der Waals surface area contributed by atoms with Gasteiger partial charge in [0.15, 0.2) is 5.78 Å². The molecule has 2 aromatic heterocycles. The van der Waals surface area contributed by atoms with E-state index in [9.17, 15) is 52.7 Å². The van der Waals surface area contributed by atoms with Crippen LogP contribution in [0.3, 0.4) is 0 Å². The number of nitrogens with zero attached hydrogens (tertiary/aromatic N) is 2. The number of urea groups is 1. The van der Waals surface area contributed by atoms with Gasteiger partial charge in [-0.25, -0.2) is 32.2 Å². The fraction of sp³-hybridized carbons (Fsp3) is 0.215. The Hall–Kier alpha value is -13.9. The van der Waals surface area contributed by atoms with Crippen molar-refractivity contribution in [3.63, 3.8) is 0 Å². The van der Waals surface area contributed by atoms with Crippen molar-refractivity contribution in [3.05, 3.63) is 348 Å². The fourth-order valence-corrected chi connectivity index (χ4v) is 13.5. The number of rotatable bonds is 23. The highest BCUT2D eigenvalue weighted by atomic mass is 35.5. The van der Waals surface area contributed by atoms with Crippen LogP contribution in [0.15, 0.2) is 249 Å². The van der Waals surface area contributed by atoms with Crippen molar-refractivity contribution in [3.8, 4) is 11.1 Å². The average molecular weight is 1730 g/mol. The Kier molecular flexibility index (Phi) is 35.2. The number of aromatic nitrogens is 2. The standard InChI is InChI=1S/C25H26N2O3.C20H22N2O3.C18H19N3O4.C15H15Cl2N3O3.C15H17N3O3/c1-25(2,3)22(19-11-15-21(16-12-19)24(29)27-30)26-23(28)20-13-9-18(10-14-20)17-7-5-4-6-8-17;1-13(15-6-8-16(9-7-15)20(24)22-25)21-19(23)12-14-10-17-4-2-3-5-18(17)11-14;1-11(13-6-8-14(9-7-13)17(23)21-25)19-18(24)20-16-5-3-4-15(10-16)12(2)22;1-8(9-3-5-10(6-4-9)14(21)19-23)18-15(22)12-7-11(16)13(17)20(12)2;1-10(16-15(20)13-4-3-9-18(13)2)11-5-7-12(8-6-11)14(19)17-21/h4-16,22,30H,1-3H3,(H,26,28)(H,27,29);2-9,13-14,25H,10-12H2,1H3,(H,21,23)(H,22,24);3-11,25H,1-2H3,(H,21,23)(H2,19,20,24);3-8,23H,1-2H3,(H,18,22)(H,19,21);3-10,21H,1-2H3,(H,16,20)(H,17,19)/t;;;8-;/m...1./s1. The van der Waals surface area contributed by atoms with Gasteiger partial charge in [-0.3, -0.25) is 74.0 Å². The number of carbonyl (C=O) groups excluding carboxylic acids is 11. The lowest BCUT2D eigenvalue weighted by Crippen LogP contribution is -2.36. The molecule has 11 aromatic rings. The minimum Gasteiger partial charge on any atom is -0.350 e. The maximum absolute atomic E-state index is 12.9. The van der Waals surface area contributed by atoms with E-state index < -0.39 is 35.6 Å². The summed E-state index contributed by atoms with van der Waals surface area (Å²) < 4.78 is 3.25. The van der Waals surface area contributed by atoms with Crippen molar-refractivity contribution < 1.29 is 78.8 Å². The number of hydrogen-bond donors (Lipinski definition) is 16. The molecule has 0 aliphatic heterocycles. The molecule has 1 aliphatic carbocycles. The zero-order valence-electron chi connectivity index (χ0n) is 69.6. The van der Waals surface area contributed by atoms with E-state index in [2.05, 4.69) is 44.0 Å². The molecule has 2 heterocycles. The highest BCUT2D eigenvalue weighted by Crippen LogP contribution is 2.35. The second-order valence-electron chi connectivity index (χ2n) is 30.1. The van der Waals surface area contributed by atoms with Gasteiger partial charge in [0.2, 0.25) is 5.91 Å². The second kappa shape index (κ2) is 45.7. The lowest BCUT2D eigenvalue weighted by molar-refractivity contribution is -0.122. The van der Waals surface area contributed by atoms with Crippen molar-refractivity contribution in [2.75, 3.05) is 5.32 Å². The Morgan fingerprint density at radius 1 is 0.387 bits per heavy atom. The van der Waals surface area contributed by atoms with Gasteiger partial charge in [-0.05, 0) is 212 Å². The van der Waals surface area contributed by atoms with E-state index in [0.717, 1.165) is 51.8 Å². The third kappa shape index (κ3) is 27.3. The van der Waals surface area contributed by atoms with Crippen LogP contribution in [0.2, 0.25) is 10.2 Å². The Morgan fingerprint density at radius 3 is 1.14 bits per heavy atom. The lowest BCUT2D eigenvalue weighted by atomic mass is 9.82. The first kappa shape index (κ1) is 95.6. The summed E-state index contributed by atoms with van der Waals surface area (Å²) in [6.45, 7) is 15.0. The van der Waals surface area contributed by atoms with E-state index in [-0.39, 0.29) is 65.0 Å². The van der Waals surface area contributed by atoms with E-state index in [1.54, 1.807) is 198 Å². The molecule has 12 rings (SSSR count). The predicted molar refractivity (Wildman–Crippen MR) is 468 cm³/mol. The summed E-state index contributed by atoms with van der Waals surface area (Å²) in [5.41, 5.74) is 21.0. The van der Waals surface area contributed by atoms with Crippen LogP contribution in [0.5, 0.6) is 0 Å². The van der Waals surface area contributed by atoms with Crippen LogP contribution in [0.4, 0.5) is 10.5 Å². The minimum absolute atomic E-state index is 0.0440. The average Bonchev–Trinajstić information content (AvgIpc) is 1.82. The first-order valence-electron chi connectivity index (χ1n) is 39.1. The van der Waals surface area contributed by atoms with Crippen molar-refractivity contribution in [1.29, 1.82) is 0 Å². The number of benzene rings is 9. The van der Waals surface area contributed by atoms with Gasteiger partial charge in [0.05, 0.1) is 35.2 Å². The number of Topliss-reactive ketones (excluding diaryl/α,β-unsaturated/α-hetero) is 1. The van der Waals surface area contributed by atoms with E-state index in [0.29, 0.717) is 78.5 Å². The highest BCUT2D eigenvalue weighted by molar-refractivity contribution is 6.42. The van der Waals surface area contributed by atoms with Crippen LogP contribution in [-0.4, -0.2) is 100 Å². The van der Waals surface area contributed by atoms with Crippen molar-refractivity contribution in [2.24, 2.45) is 25.4 Å². The predicted octanol–water partition coefficient (Wildman–Crippen LogP) is 15.2. The Balaban J connectivity index is 0.000000193. The monoisotopic (exact) mass is 1720 g/mol. The molecule has 16 N–H and O–H groups in total. The molecular weight excluding hydrogens is 1630 g/mol. The summed E-state index contributed by atoms with van der Waals surface area (Å²) in [7, 11) is 3.46. The number of anilines is 1. The number of fused-ring (bicyclic) bond motifs is 1. The quantitative estimate of drug-likeness (QED) is 0.0161. The third-order valence-electron chi connectivity index (χ3n) is 20.2. The maximum Gasteiger partial charge on any atom is 0.319 e. The smallest absolute Gasteiger partial charge is 0.319 e. The van der Waals surface area contributed by atoms with Crippen LogP contribution in [0.1, 0.15) is 224 Å².